The van der Waals surface area contributed by atoms with Crippen molar-refractivity contribution in [2.45, 2.75) is 44.1 Å². The van der Waals surface area contributed by atoms with Crippen LogP contribution in [0, 0.1) is 0 Å². The van der Waals surface area contributed by atoms with E-state index in [0.29, 0.717) is 5.92 Å². The van der Waals surface area contributed by atoms with Crippen LogP contribution in [0.25, 0.3) is 0 Å². The predicted molar refractivity (Wildman–Crippen MR) is 70.6 cm³/mol. The van der Waals surface area contributed by atoms with Gasteiger partial charge in [-0.25, -0.2) is 0 Å². The van der Waals surface area contributed by atoms with Crippen molar-refractivity contribution in [1.82, 2.24) is 15.5 Å². The van der Waals surface area contributed by atoms with E-state index in [2.05, 4.69) is 15.5 Å². The first-order chi connectivity index (χ1) is 7.93. The molecule has 2 aliphatic rings. The molecule has 1 saturated carbocycles. The Hall–Kier alpha value is -0.260. The average Bonchev–Trinajstić information content (AvgIpc) is 3.01. The van der Waals surface area contributed by atoms with Crippen molar-refractivity contribution in [1.29, 1.82) is 0 Å². The Morgan fingerprint density at radius 1 is 1.24 bits per heavy atom. The molecule has 1 atom stereocenters. The smallest absolute Gasteiger partial charge is 0.244 e. The van der Waals surface area contributed by atoms with E-state index in [-0.39, 0.29) is 18.4 Å². The minimum absolute atomic E-state index is 0. The Labute approximate surface area is 112 Å². The van der Waals surface area contributed by atoms with Crippen LogP contribution in [0.2, 0.25) is 0 Å². The number of thioether (sulfide) groups is 1. The summed E-state index contributed by atoms with van der Waals surface area (Å²) in [4.78, 5) is 4.56. The van der Waals surface area contributed by atoms with Crippen LogP contribution in [-0.4, -0.2) is 21.8 Å². The predicted octanol–water partition coefficient (Wildman–Crippen LogP) is 2.87. The number of nitrogens with zero attached hydrogens (tertiary/aromatic N) is 2. The minimum Gasteiger partial charge on any atom is -0.338 e. The third kappa shape index (κ3) is 2.95. The molecular formula is C11H18ClN3OS. The highest BCUT2D eigenvalue weighted by molar-refractivity contribution is 7.99. The van der Waals surface area contributed by atoms with E-state index < -0.39 is 0 Å². The number of nitrogens with one attached hydrogen (secondary N) is 1. The molecule has 3 rings (SSSR count). The molecule has 0 spiro atoms. The van der Waals surface area contributed by atoms with Gasteiger partial charge in [0.2, 0.25) is 5.89 Å². The normalized spacial score (nSPS) is 25.8. The monoisotopic (exact) mass is 275 g/mol. The first-order valence-corrected chi connectivity index (χ1v) is 7.23. The Kier molecular flexibility index (Phi) is 4.70. The van der Waals surface area contributed by atoms with Crippen LogP contribution in [0.3, 0.4) is 0 Å². The summed E-state index contributed by atoms with van der Waals surface area (Å²) in [5, 5.41) is 7.50. The maximum absolute atomic E-state index is 5.36. The summed E-state index contributed by atoms with van der Waals surface area (Å²) >= 11 is 1.88. The molecule has 96 valence electrons. The van der Waals surface area contributed by atoms with Crippen molar-refractivity contribution in [3.63, 3.8) is 0 Å². The second kappa shape index (κ2) is 6.07. The summed E-state index contributed by atoms with van der Waals surface area (Å²) in [7, 11) is 0. The van der Waals surface area contributed by atoms with Gasteiger partial charge in [-0.2, -0.15) is 4.98 Å². The Morgan fingerprint density at radius 3 is 2.76 bits per heavy atom. The molecule has 1 N–H and O–H groups in total. The third-order valence-corrected chi connectivity index (χ3v) is 4.38. The summed E-state index contributed by atoms with van der Waals surface area (Å²) in [5.74, 6) is 4.30. The van der Waals surface area contributed by atoms with Gasteiger partial charge in [0.25, 0.3) is 0 Å². The third-order valence-electron chi connectivity index (χ3n) is 3.44. The van der Waals surface area contributed by atoms with Crippen LogP contribution in [0.15, 0.2) is 4.52 Å². The molecule has 0 aromatic carbocycles. The van der Waals surface area contributed by atoms with E-state index in [9.17, 15) is 0 Å². The molecule has 17 heavy (non-hydrogen) atoms. The first kappa shape index (κ1) is 13.2. The van der Waals surface area contributed by atoms with Gasteiger partial charge in [0.05, 0.1) is 6.04 Å². The largest absolute Gasteiger partial charge is 0.338 e. The van der Waals surface area contributed by atoms with Crippen molar-refractivity contribution in [3.05, 3.63) is 11.7 Å². The second-order valence-electron chi connectivity index (χ2n) is 4.60. The topological polar surface area (TPSA) is 51.0 Å². The van der Waals surface area contributed by atoms with Gasteiger partial charge in [0, 0.05) is 17.5 Å². The highest BCUT2D eigenvalue weighted by Gasteiger charge is 2.26. The fraction of sp³-hybridized carbons (Fsp3) is 0.818. The van der Waals surface area contributed by atoms with Crippen LogP contribution >= 0.6 is 24.2 Å². The summed E-state index contributed by atoms with van der Waals surface area (Å²) in [6, 6.07) is 0.273. The van der Waals surface area contributed by atoms with Crippen LogP contribution in [0.1, 0.15) is 55.8 Å². The van der Waals surface area contributed by atoms with E-state index in [1.165, 1.54) is 32.1 Å². The van der Waals surface area contributed by atoms with Gasteiger partial charge in [0.1, 0.15) is 0 Å². The molecule has 2 fully saturated rings. The van der Waals surface area contributed by atoms with Gasteiger partial charge in [-0.1, -0.05) is 24.4 Å². The standard InChI is InChI=1S/C11H17N3OS.ClH/c1-2-4-8(5-3-1)10-13-11(15-14-10)9-6-16-7-12-9;/h8-9,12H,1-7H2;1H. The van der Waals surface area contributed by atoms with Crippen molar-refractivity contribution in [3.8, 4) is 0 Å². The fourth-order valence-corrected chi connectivity index (χ4v) is 3.40. The van der Waals surface area contributed by atoms with Crippen molar-refractivity contribution < 1.29 is 4.52 Å². The van der Waals surface area contributed by atoms with Gasteiger partial charge in [-0.05, 0) is 12.8 Å². The van der Waals surface area contributed by atoms with Crippen LogP contribution in [0.4, 0.5) is 0 Å². The highest BCUT2D eigenvalue weighted by atomic mass is 35.5. The molecule has 6 heteroatoms. The summed E-state index contributed by atoms with van der Waals surface area (Å²) in [5.41, 5.74) is 0. The Balaban J connectivity index is 0.00000108. The highest BCUT2D eigenvalue weighted by Crippen LogP contribution is 2.32. The number of hydrogen-bond donors (Lipinski definition) is 1. The lowest BCUT2D eigenvalue weighted by Gasteiger charge is -2.17. The van der Waals surface area contributed by atoms with E-state index in [4.69, 9.17) is 4.52 Å². The summed E-state index contributed by atoms with van der Waals surface area (Å²) in [6.07, 6.45) is 6.44. The van der Waals surface area contributed by atoms with Crippen molar-refractivity contribution >= 4 is 24.2 Å². The zero-order valence-electron chi connectivity index (χ0n) is 9.72. The fourth-order valence-electron chi connectivity index (χ4n) is 2.47. The lowest BCUT2D eigenvalue weighted by Crippen LogP contribution is -2.15. The number of hydrogen-bond acceptors (Lipinski definition) is 5. The molecule has 0 amide bonds. The SMILES string of the molecule is C1CCC(c2noc(C3CSCN3)n2)CC1.Cl. The van der Waals surface area contributed by atoms with Gasteiger partial charge < -0.3 is 4.52 Å². The first-order valence-electron chi connectivity index (χ1n) is 6.08. The molecule has 0 bridgehead atoms. The average molecular weight is 276 g/mol. The van der Waals surface area contributed by atoms with E-state index >= 15 is 0 Å². The van der Waals surface area contributed by atoms with Gasteiger partial charge in [-0.15, -0.1) is 24.2 Å². The molecule has 1 saturated heterocycles. The van der Waals surface area contributed by atoms with Crippen LogP contribution in [0.5, 0.6) is 0 Å². The Bertz CT molecular complexity index is 348. The van der Waals surface area contributed by atoms with Crippen LogP contribution < -0.4 is 5.32 Å². The van der Waals surface area contributed by atoms with Crippen LogP contribution in [-0.2, 0) is 0 Å². The van der Waals surface area contributed by atoms with E-state index in [1.54, 1.807) is 0 Å². The van der Waals surface area contributed by atoms with Crippen molar-refractivity contribution in [2.24, 2.45) is 0 Å². The van der Waals surface area contributed by atoms with Gasteiger partial charge in [-0.3, -0.25) is 5.32 Å². The molecule has 2 heterocycles. The second-order valence-corrected chi connectivity index (χ2v) is 5.63. The van der Waals surface area contributed by atoms with Gasteiger partial charge >= 0.3 is 0 Å². The van der Waals surface area contributed by atoms with Gasteiger partial charge in [0.15, 0.2) is 5.82 Å². The zero-order valence-corrected chi connectivity index (χ0v) is 11.4. The zero-order chi connectivity index (χ0) is 10.8. The molecule has 1 aliphatic heterocycles. The van der Waals surface area contributed by atoms with E-state index in [1.807, 2.05) is 11.8 Å². The Morgan fingerprint density at radius 2 is 2.06 bits per heavy atom. The van der Waals surface area contributed by atoms with Crippen molar-refractivity contribution in [2.75, 3.05) is 11.6 Å². The quantitative estimate of drug-likeness (QED) is 0.899. The minimum atomic E-state index is 0. The lowest BCUT2D eigenvalue weighted by molar-refractivity contribution is 0.338. The number of rotatable bonds is 2. The molecule has 4 nitrogen and oxygen atoms in total. The summed E-state index contributed by atoms with van der Waals surface area (Å²) < 4.78 is 5.36. The molecular weight excluding hydrogens is 258 g/mol. The molecule has 0 radical (unpaired) electrons. The number of aromatic nitrogens is 2. The molecule has 1 aromatic rings. The maximum atomic E-state index is 5.36. The number of halogens is 1. The summed E-state index contributed by atoms with van der Waals surface area (Å²) in [6.45, 7) is 0. The van der Waals surface area contributed by atoms with E-state index in [0.717, 1.165) is 23.3 Å². The molecule has 1 unspecified atom stereocenters. The molecule has 1 aromatic heterocycles. The lowest BCUT2D eigenvalue weighted by atomic mass is 9.89. The maximum Gasteiger partial charge on any atom is 0.244 e. The molecule has 1 aliphatic carbocycles.